The summed E-state index contributed by atoms with van der Waals surface area (Å²) in [6, 6.07) is 17.3. The van der Waals surface area contributed by atoms with Crippen molar-refractivity contribution in [3.63, 3.8) is 0 Å². The van der Waals surface area contributed by atoms with Gasteiger partial charge in [-0.3, -0.25) is 0 Å². The van der Waals surface area contributed by atoms with Crippen molar-refractivity contribution >= 4 is 12.2 Å². The SMILES string of the molecule is CC1(C)OC[C@H]([C@H](CO)N(NC(=O)OCc2ccccc2)C(=O)OCc2ccccc2)O1. The Bertz CT molecular complexity index is 876. The number of hydrogen-bond donors (Lipinski definition) is 2. The van der Waals surface area contributed by atoms with E-state index >= 15 is 0 Å². The van der Waals surface area contributed by atoms with Gasteiger partial charge in [-0.2, -0.15) is 0 Å². The Morgan fingerprint density at radius 1 is 1.06 bits per heavy atom. The van der Waals surface area contributed by atoms with Gasteiger partial charge < -0.3 is 24.1 Å². The van der Waals surface area contributed by atoms with Crippen molar-refractivity contribution in [2.24, 2.45) is 0 Å². The van der Waals surface area contributed by atoms with Gasteiger partial charge in [0.25, 0.3) is 0 Å². The largest absolute Gasteiger partial charge is 0.443 e. The summed E-state index contributed by atoms with van der Waals surface area (Å²) in [7, 11) is 0. The number of nitrogens with zero attached hydrogens (tertiary/aromatic N) is 1. The van der Waals surface area contributed by atoms with Gasteiger partial charge in [-0.1, -0.05) is 60.7 Å². The van der Waals surface area contributed by atoms with Gasteiger partial charge in [0.05, 0.1) is 13.2 Å². The summed E-state index contributed by atoms with van der Waals surface area (Å²) in [6.45, 7) is 3.08. The molecule has 32 heavy (non-hydrogen) atoms. The van der Waals surface area contributed by atoms with Crippen molar-refractivity contribution in [1.29, 1.82) is 0 Å². The summed E-state index contributed by atoms with van der Waals surface area (Å²) in [5.41, 5.74) is 3.94. The summed E-state index contributed by atoms with van der Waals surface area (Å²) in [6.07, 6.45) is -2.42. The van der Waals surface area contributed by atoms with Crippen molar-refractivity contribution in [2.75, 3.05) is 13.2 Å². The number of hydrogen-bond acceptors (Lipinski definition) is 7. The highest BCUT2D eigenvalue weighted by atomic mass is 16.7. The molecule has 2 aromatic carbocycles. The van der Waals surface area contributed by atoms with E-state index < -0.39 is 36.7 Å². The second kappa shape index (κ2) is 10.9. The van der Waals surface area contributed by atoms with Crippen LogP contribution in [-0.4, -0.2) is 53.4 Å². The lowest BCUT2D eigenvalue weighted by Gasteiger charge is -2.32. The van der Waals surface area contributed by atoms with E-state index in [1.807, 2.05) is 48.5 Å². The van der Waals surface area contributed by atoms with Gasteiger partial charge in [0.15, 0.2) is 5.79 Å². The second-order valence-corrected chi connectivity index (χ2v) is 7.70. The minimum Gasteiger partial charge on any atom is -0.443 e. The van der Waals surface area contributed by atoms with Gasteiger partial charge in [0.1, 0.15) is 25.4 Å². The van der Waals surface area contributed by atoms with Gasteiger partial charge >= 0.3 is 12.2 Å². The first-order chi connectivity index (χ1) is 15.4. The van der Waals surface area contributed by atoms with E-state index in [1.165, 1.54) is 0 Å². The maximum absolute atomic E-state index is 12.9. The minimum absolute atomic E-state index is 0.0113. The quantitative estimate of drug-likeness (QED) is 0.633. The molecule has 2 amide bonds. The third kappa shape index (κ3) is 6.68. The number of carbonyl (C=O) groups excluding carboxylic acids is 2. The topological polar surface area (TPSA) is 107 Å². The first kappa shape index (κ1) is 23.5. The van der Waals surface area contributed by atoms with Crippen LogP contribution in [0.2, 0.25) is 0 Å². The molecule has 3 rings (SSSR count). The Labute approximate surface area is 186 Å². The van der Waals surface area contributed by atoms with E-state index in [-0.39, 0.29) is 19.8 Å². The lowest BCUT2D eigenvalue weighted by Crippen LogP contribution is -2.58. The van der Waals surface area contributed by atoms with Crippen LogP contribution in [0.3, 0.4) is 0 Å². The number of benzene rings is 2. The average molecular weight is 444 g/mol. The van der Waals surface area contributed by atoms with E-state index in [1.54, 1.807) is 26.0 Å². The zero-order valence-corrected chi connectivity index (χ0v) is 18.1. The van der Waals surface area contributed by atoms with Gasteiger partial charge in [-0.15, -0.1) is 0 Å². The molecule has 2 atom stereocenters. The molecular weight excluding hydrogens is 416 g/mol. The molecule has 0 bridgehead atoms. The molecule has 0 aliphatic carbocycles. The number of ether oxygens (including phenoxy) is 4. The van der Waals surface area contributed by atoms with E-state index in [4.69, 9.17) is 18.9 Å². The molecule has 1 aliphatic rings. The predicted molar refractivity (Wildman–Crippen MR) is 114 cm³/mol. The minimum atomic E-state index is -0.954. The van der Waals surface area contributed by atoms with Crippen molar-refractivity contribution in [3.8, 4) is 0 Å². The fourth-order valence-electron chi connectivity index (χ4n) is 3.18. The Balaban J connectivity index is 1.68. The van der Waals surface area contributed by atoms with Crippen LogP contribution < -0.4 is 5.43 Å². The van der Waals surface area contributed by atoms with Crippen molar-refractivity contribution in [1.82, 2.24) is 10.4 Å². The summed E-state index contributed by atoms with van der Waals surface area (Å²) in [5, 5.41) is 10.9. The summed E-state index contributed by atoms with van der Waals surface area (Å²) in [4.78, 5) is 25.3. The average Bonchev–Trinajstić information content (AvgIpc) is 3.16. The summed E-state index contributed by atoms with van der Waals surface area (Å²) < 4.78 is 21.9. The normalized spacial score (nSPS) is 17.9. The van der Waals surface area contributed by atoms with Crippen LogP contribution in [0.4, 0.5) is 9.59 Å². The van der Waals surface area contributed by atoms with Crippen LogP contribution in [0, 0.1) is 0 Å². The van der Waals surface area contributed by atoms with Crippen LogP contribution in [0.5, 0.6) is 0 Å². The number of hydrazine groups is 1. The van der Waals surface area contributed by atoms with Crippen LogP contribution in [0.25, 0.3) is 0 Å². The van der Waals surface area contributed by atoms with Crippen LogP contribution in [-0.2, 0) is 32.2 Å². The van der Waals surface area contributed by atoms with Crippen LogP contribution in [0.1, 0.15) is 25.0 Å². The van der Waals surface area contributed by atoms with Crippen molar-refractivity contribution < 1.29 is 33.6 Å². The molecule has 2 N–H and O–H groups in total. The molecule has 0 spiro atoms. The molecule has 1 heterocycles. The smallest absolute Gasteiger partial charge is 0.429 e. The van der Waals surface area contributed by atoms with E-state index in [2.05, 4.69) is 5.43 Å². The van der Waals surface area contributed by atoms with Gasteiger partial charge in [-0.05, 0) is 25.0 Å². The van der Waals surface area contributed by atoms with E-state index in [0.717, 1.165) is 16.1 Å². The molecule has 1 saturated heterocycles. The monoisotopic (exact) mass is 444 g/mol. The highest BCUT2D eigenvalue weighted by Crippen LogP contribution is 2.26. The van der Waals surface area contributed by atoms with Gasteiger partial charge in [0, 0.05) is 0 Å². The van der Waals surface area contributed by atoms with Gasteiger partial charge in [-0.25, -0.2) is 20.0 Å². The fraction of sp³-hybridized carbons (Fsp3) is 0.391. The predicted octanol–water partition coefficient (Wildman–Crippen LogP) is 2.98. The first-order valence-electron chi connectivity index (χ1n) is 10.3. The Morgan fingerprint density at radius 2 is 1.62 bits per heavy atom. The van der Waals surface area contributed by atoms with Crippen LogP contribution in [0.15, 0.2) is 60.7 Å². The lowest BCUT2D eigenvalue weighted by molar-refractivity contribution is -0.149. The number of nitrogens with one attached hydrogen (secondary N) is 1. The molecule has 9 nitrogen and oxygen atoms in total. The van der Waals surface area contributed by atoms with Crippen molar-refractivity contribution in [2.45, 2.75) is 45.0 Å². The number of rotatable bonds is 7. The highest BCUT2D eigenvalue weighted by molar-refractivity contribution is 5.74. The standard InChI is InChI=1S/C23H28N2O7/c1-23(2)31-16-20(32-23)19(13-26)25(22(28)30-15-18-11-7-4-8-12-18)24-21(27)29-14-17-9-5-3-6-10-17/h3-12,19-20,26H,13-16H2,1-2H3,(H,24,27)/t19-,20+/m0/s1. The molecule has 0 unspecified atom stereocenters. The molecule has 2 aromatic rings. The maximum atomic E-state index is 12.9. The Morgan fingerprint density at radius 3 is 2.12 bits per heavy atom. The molecule has 0 aromatic heterocycles. The number of aliphatic hydroxyl groups is 1. The molecule has 0 radical (unpaired) electrons. The third-order valence-electron chi connectivity index (χ3n) is 4.80. The summed E-state index contributed by atoms with van der Waals surface area (Å²) >= 11 is 0. The Kier molecular flexibility index (Phi) is 8.04. The third-order valence-corrected chi connectivity index (χ3v) is 4.80. The van der Waals surface area contributed by atoms with E-state index in [9.17, 15) is 14.7 Å². The lowest BCUT2D eigenvalue weighted by atomic mass is 10.2. The van der Waals surface area contributed by atoms with Crippen molar-refractivity contribution in [3.05, 3.63) is 71.8 Å². The van der Waals surface area contributed by atoms with Crippen LogP contribution >= 0.6 is 0 Å². The zero-order valence-electron chi connectivity index (χ0n) is 18.1. The molecule has 172 valence electrons. The highest BCUT2D eigenvalue weighted by Gasteiger charge is 2.42. The fourth-order valence-corrected chi connectivity index (χ4v) is 3.18. The molecular formula is C23H28N2O7. The molecule has 1 aliphatic heterocycles. The first-order valence-corrected chi connectivity index (χ1v) is 10.3. The molecule has 0 saturated carbocycles. The van der Waals surface area contributed by atoms with E-state index in [0.29, 0.717) is 0 Å². The summed E-state index contributed by atoms with van der Waals surface area (Å²) in [5.74, 6) is -0.883. The number of amides is 2. The second-order valence-electron chi connectivity index (χ2n) is 7.70. The number of carbonyl (C=O) groups is 2. The van der Waals surface area contributed by atoms with Gasteiger partial charge in [0.2, 0.25) is 0 Å². The molecule has 9 heteroatoms. The number of aliphatic hydroxyl groups excluding tert-OH is 1. The Hall–Kier alpha value is -3.14. The maximum Gasteiger partial charge on any atom is 0.429 e. The molecule has 1 fully saturated rings. The zero-order chi connectivity index (χ0) is 23.0.